The van der Waals surface area contributed by atoms with E-state index >= 15 is 0 Å². The Kier molecular flexibility index (Phi) is 6.53. The van der Waals surface area contributed by atoms with E-state index in [-0.39, 0.29) is 37.0 Å². The lowest BCUT2D eigenvalue weighted by Gasteiger charge is -2.46. The van der Waals surface area contributed by atoms with Crippen LogP contribution in [-0.2, 0) is 17.9 Å². The first-order chi connectivity index (χ1) is 17.0. The van der Waals surface area contributed by atoms with Gasteiger partial charge in [0.25, 0.3) is 0 Å². The molecule has 182 valence electrons. The summed E-state index contributed by atoms with van der Waals surface area (Å²) in [5.74, 6) is 1.16. The van der Waals surface area contributed by atoms with Crippen molar-refractivity contribution in [2.24, 2.45) is 5.92 Å². The Balaban J connectivity index is 1.40. The van der Waals surface area contributed by atoms with Crippen LogP contribution in [0.3, 0.4) is 0 Å². The molecule has 3 aromatic rings. The highest BCUT2D eigenvalue weighted by Crippen LogP contribution is 2.36. The Morgan fingerprint density at radius 2 is 1.80 bits per heavy atom. The number of fused-ring (bicyclic) bond motifs is 1. The van der Waals surface area contributed by atoms with Gasteiger partial charge in [-0.15, -0.1) is 0 Å². The Bertz CT molecular complexity index is 1210. The van der Waals surface area contributed by atoms with Crippen LogP contribution in [0.4, 0.5) is 4.79 Å². The maximum Gasteiger partial charge on any atom is 0.327 e. The predicted molar refractivity (Wildman–Crippen MR) is 129 cm³/mol. The molecule has 0 bridgehead atoms. The Morgan fingerprint density at radius 1 is 1.03 bits per heavy atom. The lowest BCUT2D eigenvalue weighted by Crippen LogP contribution is -2.61. The van der Waals surface area contributed by atoms with Gasteiger partial charge in [0.2, 0.25) is 17.6 Å². The summed E-state index contributed by atoms with van der Waals surface area (Å²) in [5.41, 5.74) is 2.80. The molecular weight excluding hydrogens is 444 g/mol. The monoisotopic (exact) mass is 474 g/mol. The van der Waals surface area contributed by atoms with E-state index in [4.69, 9.17) is 9.26 Å². The van der Waals surface area contributed by atoms with Crippen LogP contribution in [0, 0.1) is 12.8 Å². The molecule has 1 aliphatic carbocycles. The lowest BCUT2D eigenvalue weighted by atomic mass is 9.81. The molecule has 35 heavy (non-hydrogen) atoms. The van der Waals surface area contributed by atoms with Crippen molar-refractivity contribution in [3.05, 3.63) is 65.5 Å². The molecule has 1 aromatic heterocycles. The van der Waals surface area contributed by atoms with Gasteiger partial charge in [-0.3, -0.25) is 9.69 Å². The average molecular weight is 475 g/mol. The first-order valence-electron chi connectivity index (χ1n) is 12.3. The molecule has 5 rings (SSSR count). The molecular formula is C27H30N4O4. The summed E-state index contributed by atoms with van der Waals surface area (Å²) in [6, 6.07) is 15.0. The standard InChI is InChI=1S/C27H30N4O4/c1-3-34-23-11-7-5-9-21(23)25-28-24(35-29-25)17-30-22-10-6-4-8-20(22)26(32)31(27(30)33)16-19-14-12-18(2)13-15-19/h5,7,9,11-15,20,22H,3-4,6,8,10,16-17H2,1-2H3. The third-order valence-electron chi connectivity index (χ3n) is 6.85. The number of imide groups is 1. The minimum absolute atomic E-state index is 0.0756. The van der Waals surface area contributed by atoms with Crippen LogP contribution in [0.1, 0.15) is 49.6 Å². The van der Waals surface area contributed by atoms with Crippen LogP contribution in [0.5, 0.6) is 5.75 Å². The zero-order chi connectivity index (χ0) is 24.4. The molecule has 0 radical (unpaired) electrons. The maximum atomic E-state index is 13.6. The number of urea groups is 1. The number of benzene rings is 2. The number of carbonyl (C=O) groups is 2. The molecule has 2 fully saturated rings. The number of aromatic nitrogens is 2. The lowest BCUT2D eigenvalue weighted by molar-refractivity contribution is -0.141. The summed E-state index contributed by atoms with van der Waals surface area (Å²) < 4.78 is 11.3. The number of amides is 3. The largest absolute Gasteiger partial charge is 0.493 e. The summed E-state index contributed by atoms with van der Waals surface area (Å²) in [5, 5.41) is 4.15. The van der Waals surface area contributed by atoms with Crippen LogP contribution in [0.15, 0.2) is 53.1 Å². The molecule has 1 aliphatic heterocycles. The number of hydrogen-bond acceptors (Lipinski definition) is 6. The second-order valence-corrected chi connectivity index (χ2v) is 9.22. The summed E-state index contributed by atoms with van der Waals surface area (Å²) in [6.45, 7) is 4.89. The third kappa shape index (κ3) is 4.65. The van der Waals surface area contributed by atoms with Gasteiger partial charge in [-0.25, -0.2) is 4.79 Å². The van der Waals surface area contributed by atoms with E-state index in [1.807, 2.05) is 62.4 Å². The van der Waals surface area contributed by atoms with Gasteiger partial charge < -0.3 is 14.2 Å². The molecule has 8 heteroatoms. The Hall–Kier alpha value is -3.68. The maximum absolute atomic E-state index is 13.6. The van der Waals surface area contributed by atoms with Gasteiger partial charge in [-0.05, 0) is 44.4 Å². The van der Waals surface area contributed by atoms with Crippen molar-refractivity contribution in [2.45, 2.75) is 58.7 Å². The second kappa shape index (κ2) is 9.90. The summed E-state index contributed by atoms with van der Waals surface area (Å²) in [4.78, 5) is 34.7. The predicted octanol–water partition coefficient (Wildman–Crippen LogP) is 4.97. The Labute approximate surface area is 204 Å². The Morgan fingerprint density at radius 3 is 2.60 bits per heavy atom. The van der Waals surface area contributed by atoms with Gasteiger partial charge in [0.05, 0.1) is 24.6 Å². The molecule has 2 aliphatic rings. The van der Waals surface area contributed by atoms with Crippen molar-refractivity contribution in [3.63, 3.8) is 0 Å². The third-order valence-corrected chi connectivity index (χ3v) is 6.85. The highest BCUT2D eigenvalue weighted by Gasteiger charge is 2.47. The molecule has 8 nitrogen and oxygen atoms in total. The fraction of sp³-hybridized carbons (Fsp3) is 0.407. The molecule has 2 unspecified atom stereocenters. The second-order valence-electron chi connectivity index (χ2n) is 9.22. The van der Waals surface area contributed by atoms with E-state index < -0.39 is 0 Å². The van der Waals surface area contributed by atoms with Crippen LogP contribution < -0.4 is 4.74 Å². The molecule has 1 saturated heterocycles. The topological polar surface area (TPSA) is 88.8 Å². The summed E-state index contributed by atoms with van der Waals surface area (Å²) in [6.07, 6.45) is 3.57. The van der Waals surface area contributed by atoms with Crippen molar-refractivity contribution >= 4 is 11.9 Å². The van der Waals surface area contributed by atoms with Gasteiger partial charge >= 0.3 is 6.03 Å². The number of carbonyl (C=O) groups excluding carboxylic acids is 2. The molecule has 2 atom stereocenters. The average Bonchev–Trinajstić information content (AvgIpc) is 3.34. The van der Waals surface area contributed by atoms with Crippen LogP contribution >= 0.6 is 0 Å². The first-order valence-corrected chi connectivity index (χ1v) is 12.3. The van der Waals surface area contributed by atoms with E-state index in [0.29, 0.717) is 24.1 Å². The van der Waals surface area contributed by atoms with Crippen LogP contribution in [-0.4, -0.2) is 44.5 Å². The minimum Gasteiger partial charge on any atom is -0.493 e. The fourth-order valence-electron chi connectivity index (χ4n) is 5.08. The fourth-order valence-corrected chi connectivity index (χ4v) is 5.08. The summed E-state index contributed by atoms with van der Waals surface area (Å²) in [7, 11) is 0. The van der Waals surface area contributed by atoms with Gasteiger partial charge in [0, 0.05) is 6.04 Å². The van der Waals surface area contributed by atoms with Crippen LogP contribution in [0.2, 0.25) is 0 Å². The molecule has 1 saturated carbocycles. The van der Waals surface area contributed by atoms with E-state index in [1.54, 1.807) is 4.90 Å². The SMILES string of the molecule is CCOc1ccccc1-c1noc(CN2C(=O)N(Cc3ccc(C)cc3)C(=O)C3CCCCC32)n1. The number of aryl methyl sites for hydroxylation is 1. The molecule has 3 amide bonds. The molecule has 0 spiro atoms. The quantitative estimate of drug-likeness (QED) is 0.481. The number of hydrogen-bond donors (Lipinski definition) is 0. The van der Waals surface area contributed by atoms with E-state index in [1.165, 1.54) is 4.90 Å². The number of ether oxygens (including phenoxy) is 1. The molecule has 0 N–H and O–H groups in total. The summed E-state index contributed by atoms with van der Waals surface area (Å²) >= 11 is 0. The van der Waals surface area contributed by atoms with Gasteiger partial charge in [0.15, 0.2) is 0 Å². The van der Waals surface area contributed by atoms with Crippen molar-refractivity contribution in [1.29, 1.82) is 0 Å². The zero-order valence-electron chi connectivity index (χ0n) is 20.1. The van der Waals surface area contributed by atoms with Gasteiger partial charge in [-0.2, -0.15) is 4.98 Å². The highest BCUT2D eigenvalue weighted by molar-refractivity contribution is 5.98. The minimum atomic E-state index is -0.298. The van der Waals surface area contributed by atoms with E-state index in [0.717, 1.165) is 42.4 Å². The van der Waals surface area contributed by atoms with E-state index in [9.17, 15) is 9.59 Å². The van der Waals surface area contributed by atoms with Crippen molar-refractivity contribution < 1.29 is 18.8 Å². The number of para-hydroxylation sites is 1. The van der Waals surface area contributed by atoms with Crippen molar-refractivity contribution in [1.82, 2.24) is 19.9 Å². The normalized spacial score (nSPS) is 20.2. The zero-order valence-corrected chi connectivity index (χ0v) is 20.1. The van der Waals surface area contributed by atoms with Crippen molar-refractivity contribution in [2.75, 3.05) is 6.61 Å². The van der Waals surface area contributed by atoms with Crippen LogP contribution in [0.25, 0.3) is 11.4 Å². The first kappa shape index (κ1) is 23.1. The van der Waals surface area contributed by atoms with Crippen molar-refractivity contribution in [3.8, 4) is 17.1 Å². The van der Waals surface area contributed by atoms with Gasteiger partial charge in [-0.1, -0.05) is 60.0 Å². The molecule has 2 aromatic carbocycles. The number of rotatable bonds is 7. The van der Waals surface area contributed by atoms with E-state index in [2.05, 4.69) is 10.1 Å². The molecule has 2 heterocycles. The smallest absolute Gasteiger partial charge is 0.327 e. The van der Waals surface area contributed by atoms with Gasteiger partial charge in [0.1, 0.15) is 12.3 Å². The highest BCUT2D eigenvalue weighted by atomic mass is 16.5. The number of nitrogens with zero attached hydrogens (tertiary/aromatic N) is 4.